The highest BCUT2D eigenvalue weighted by Crippen LogP contribution is 2.15. The maximum Gasteiger partial charge on any atom is 0.335 e. The summed E-state index contributed by atoms with van der Waals surface area (Å²) in [6, 6.07) is 6.69. The van der Waals surface area contributed by atoms with Crippen molar-refractivity contribution in [3.63, 3.8) is 0 Å². The Balaban J connectivity index is 1.95. The van der Waals surface area contributed by atoms with Gasteiger partial charge in [0.1, 0.15) is 6.17 Å². The van der Waals surface area contributed by atoms with Crippen LogP contribution in [-0.2, 0) is 6.54 Å². The van der Waals surface area contributed by atoms with E-state index in [1.54, 1.807) is 24.3 Å². The standard InChI is InChI=1S/C11H12FNO2/c12-10-6-13(7-10)5-8-1-3-9(4-2-8)11(14)15/h1-4,10H,5-7H2,(H,14,15). The van der Waals surface area contributed by atoms with E-state index < -0.39 is 12.1 Å². The average molecular weight is 209 g/mol. The minimum atomic E-state index is -0.922. The maximum absolute atomic E-state index is 12.5. The van der Waals surface area contributed by atoms with Gasteiger partial charge in [-0.3, -0.25) is 4.90 Å². The first-order valence-electron chi connectivity index (χ1n) is 4.84. The molecule has 0 aromatic heterocycles. The SMILES string of the molecule is O=C(O)c1ccc(CN2CC(F)C2)cc1. The lowest BCUT2D eigenvalue weighted by atomic mass is 10.1. The van der Waals surface area contributed by atoms with Crippen LogP contribution in [0.4, 0.5) is 4.39 Å². The number of likely N-dealkylation sites (tertiary alicyclic amines) is 1. The summed E-state index contributed by atoms with van der Waals surface area (Å²) < 4.78 is 12.5. The van der Waals surface area contributed by atoms with E-state index in [0.717, 1.165) is 5.56 Å². The predicted octanol–water partition coefficient (Wildman–Crippen LogP) is 1.54. The topological polar surface area (TPSA) is 40.5 Å². The quantitative estimate of drug-likeness (QED) is 0.820. The van der Waals surface area contributed by atoms with Crippen LogP contribution in [0.5, 0.6) is 0 Å². The smallest absolute Gasteiger partial charge is 0.335 e. The molecule has 0 spiro atoms. The Morgan fingerprint density at radius 2 is 2.00 bits per heavy atom. The van der Waals surface area contributed by atoms with Crippen LogP contribution in [0.2, 0.25) is 0 Å². The molecule has 0 atom stereocenters. The molecule has 0 saturated carbocycles. The predicted molar refractivity (Wildman–Crippen MR) is 53.6 cm³/mol. The van der Waals surface area contributed by atoms with Crippen LogP contribution in [-0.4, -0.2) is 35.2 Å². The second-order valence-corrected chi connectivity index (χ2v) is 3.79. The second kappa shape index (κ2) is 3.98. The van der Waals surface area contributed by atoms with Crippen molar-refractivity contribution in [2.24, 2.45) is 0 Å². The van der Waals surface area contributed by atoms with Crippen LogP contribution >= 0.6 is 0 Å². The molecule has 2 rings (SSSR count). The molecular formula is C11H12FNO2. The van der Waals surface area contributed by atoms with Gasteiger partial charge < -0.3 is 5.11 Å². The monoisotopic (exact) mass is 209 g/mol. The Morgan fingerprint density at radius 3 is 2.47 bits per heavy atom. The highest BCUT2D eigenvalue weighted by Gasteiger charge is 2.25. The van der Waals surface area contributed by atoms with Gasteiger partial charge in [0.15, 0.2) is 0 Å². The van der Waals surface area contributed by atoms with E-state index in [-0.39, 0.29) is 5.56 Å². The number of halogens is 1. The number of hydrogen-bond acceptors (Lipinski definition) is 2. The zero-order valence-electron chi connectivity index (χ0n) is 8.19. The highest BCUT2D eigenvalue weighted by atomic mass is 19.1. The Hall–Kier alpha value is -1.42. The molecule has 1 saturated heterocycles. The van der Waals surface area contributed by atoms with Gasteiger partial charge in [-0.05, 0) is 17.7 Å². The fourth-order valence-electron chi connectivity index (χ4n) is 1.65. The summed E-state index contributed by atoms with van der Waals surface area (Å²) in [7, 11) is 0. The van der Waals surface area contributed by atoms with Gasteiger partial charge in [0.2, 0.25) is 0 Å². The number of alkyl halides is 1. The van der Waals surface area contributed by atoms with Crippen LogP contribution in [0.1, 0.15) is 15.9 Å². The lowest BCUT2D eigenvalue weighted by Gasteiger charge is -2.34. The minimum Gasteiger partial charge on any atom is -0.478 e. The van der Waals surface area contributed by atoms with Crippen molar-refractivity contribution >= 4 is 5.97 Å². The number of carbonyl (C=O) groups is 1. The zero-order valence-corrected chi connectivity index (χ0v) is 8.19. The first-order chi connectivity index (χ1) is 7.15. The molecule has 4 heteroatoms. The summed E-state index contributed by atoms with van der Waals surface area (Å²) in [6.07, 6.45) is -0.691. The fraction of sp³-hybridized carbons (Fsp3) is 0.364. The molecule has 1 aliphatic heterocycles. The van der Waals surface area contributed by atoms with Crippen LogP contribution in [0.3, 0.4) is 0 Å². The molecule has 0 bridgehead atoms. The van der Waals surface area contributed by atoms with Gasteiger partial charge >= 0.3 is 5.97 Å². The van der Waals surface area contributed by atoms with Crippen LogP contribution in [0.25, 0.3) is 0 Å². The van der Waals surface area contributed by atoms with E-state index in [2.05, 4.69) is 0 Å². The number of nitrogens with zero attached hydrogens (tertiary/aromatic N) is 1. The molecule has 15 heavy (non-hydrogen) atoms. The highest BCUT2D eigenvalue weighted by molar-refractivity contribution is 5.87. The number of carboxylic acids is 1. The third-order valence-electron chi connectivity index (χ3n) is 2.52. The molecule has 0 unspecified atom stereocenters. The van der Waals surface area contributed by atoms with E-state index in [4.69, 9.17) is 5.11 Å². The first-order valence-corrected chi connectivity index (χ1v) is 4.84. The number of rotatable bonds is 3. The van der Waals surface area contributed by atoms with Gasteiger partial charge in [-0.25, -0.2) is 9.18 Å². The van der Waals surface area contributed by atoms with E-state index in [0.29, 0.717) is 19.6 Å². The van der Waals surface area contributed by atoms with E-state index >= 15 is 0 Å². The van der Waals surface area contributed by atoms with Gasteiger partial charge in [-0.1, -0.05) is 12.1 Å². The summed E-state index contributed by atoms with van der Waals surface area (Å²) in [6.45, 7) is 1.67. The van der Waals surface area contributed by atoms with Gasteiger partial charge in [0.05, 0.1) is 5.56 Å². The van der Waals surface area contributed by atoms with Crippen molar-refractivity contribution in [3.8, 4) is 0 Å². The van der Waals surface area contributed by atoms with Crippen LogP contribution in [0.15, 0.2) is 24.3 Å². The Labute approximate surface area is 87.1 Å². The van der Waals surface area contributed by atoms with Gasteiger partial charge in [-0.15, -0.1) is 0 Å². The number of hydrogen-bond donors (Lipinski definition) is 1. The summed E-state index contributed by atoms with van der Waals surface area (Å²) in [5, 5.41) is 8.69. The molecule has 1 aromatic carbocycles. The summed E-state index contributed by atoms with van der Waals surface area (Å²) in [4.78, 5) is 12.6. The molecule has 1 fully saturated rings. The minimum absolute atomic E-state index is 0.283. The van der Waals surface area contributed by atoms with Crippen LogP contribution < -0.4 is 0 Å². The van der Waals surface area contributed by atoms with Crippen molar-refractivity contribution < 1.29 is 14.3 Å². The molecule has 0 amide bonds. The molecule has 1 heterocycles. The Morgan fingerprint density at radius 1 is 1.40 bits per heavy atom. The first kappa shape index (κ1) is 10.1. The summed E-state index contributed by atoms with van der Waals surface area (Å²) in [5.74, 6) is -0.922. The normalized spacial score (nSPS) is 17.4. The molecule has 1 aliphatic rings. The molecule has 80 valence electrons. The van der Waals surface area contributed by atoms with Crippen molar-refractivity contribution in [2.75, 3.05) is 13.1 Å². The van der Waals surface area contributed by atoms with Crippen molar-refractivity contribution in [2.45, 2.75) is 12.7 Å². The van der Waals surface area contributed by atoms with Gasteiger partial charge in [-0.2, -0.15) is 0 Å². The van der Waals surface area contributed by atoms with E-state index in [9.17, 15) is 9.18 Å². The zero-order chi connectivity index (χ0) is 10.8. The fourth-order valence-corrected chi connectivity index (χ4v) is 1.65. The number of carboxylic acid groups (broad SMARTS) is 1. The van der Waals surface area contributed by atoms with Crippen molar-refractivity contribution in [3.05, 3.63) is 35.4 Å². The molecule has 0 radical (unpaired) electrons. The van der Waals surface area contributed by atoms with Crippen molar-refractivity contribution in [1.82, 2.24) is 4.90 Å². The third-order valence-corrected chi connectivity index (χ3v) is 2.52. The summed E-state index contributed by atoms with van der Waals surface area (Å²) in [5.41, 5.74) is 1.30. The number of aromatic carboxylic acids is 1. The largest absolute Gasteiger partial charge is 0.478 e. The Kier molecular flexibility index (Phi) is 2.68. The lowest BCUT2D eigenvalue weighted by Crippen LogP contribution is -2.47. The van der Waals surface area contributed by atoms with E-state index in [1.807, 2.05) is 4.90 Å². The van der Waals surface area contributed by atoms with Gasteiger partial charge in [0.25, 0.3) is 0 Å². The molecule has 0 aliphatic carbocycles. The van der Waals surface area contributed by atoms with Gasteiger partial charge in [0, 0.05) is 19.6 Å². The second-order valence-electron chi connectivity index (χ2n) is 3.79. The lowest BCUT2D eigenvalue weighted by molar-refractivity contribution is 0.0591. The third kappa shape index (κ3) is 2.33. The maximum atomic E-state index is 12.5. The molecule has 1 aromatic rings. The summed E-state index contributed by atoms with van der Waals surface area (Å²) >= 11 is 0. The van der Waals surface area contributed by atoms with Crippen LogP contribution in [0, 0.1) is 0 Å². The molecule has 3 nitrogen and oxygen atoms in total. The Bertz CT molecular complexity index is 357. The van der Waals surface area contributed by atoms with E-state index in [1.165, 1.54) is 0 Å². The number of benzene rings is 1. The molecule has 1 N–H and O–H groups in total. The average Bonchev–Trinajstić information content (AvgIpc) is 2.16. The molecular weight excluding hydrogens is 197 g/mol. The van der Waals surface area contributed by atoms with Crippen molar-refractivity contribution in [1.29, 1.82) is 0 Å².